The predicted molar refractivity (Wildman–Crippen MR) is 60.3 cm³/mol. The molecule has 0 saturated carbocycles. The number of hydrogen-bond acceptors (Lipinski definition) is 5. The average Bonchev–Trinajstić information content (AvgIpc) is 2.68. The smallest absolute Gasteiger partial charge is 0.199 e. The quantitative estimate of drug-likeness (QED) is 0.576. The lowest BCUT2D eigenvalue weighted by molar-refractivity contribution is 0.308. The van der Waals surface area contributed by atoms with Gasteiger partial charge >= 0.3 is 0 Å². The Labute approximate surface area is 91.9 Å². The maximum atomic E-state index is 5.72. The van der Waals surface area contributed by atoms with Crippen molar-refractivity contribution in [1.29, 1.82) is 0 Å². The SMILES string of the molecule is Cc1ccc(N=C(N)c2nonc2N)cc1. The third-order valence-electron chi connectivity index (χ3n) is 2.04. The maximum absolute atomic E-state index is 5.72. The first kappa shape index (κ1) is 10.2. The lowest BCUT2D eigenvalue weighted by Gasteiger charge is -1.97. The molecule has 1 aromatic heterocycles. The second kappa shape index (κ2) is 4.01. The molecule has 0 saturated heterocycles. The molecule has 1 heterocycles. The van der Waals surface area contributed by atoms with Crippen LogP contribution in [-0.2, 0) is 0 Å². The van der Waals surface area contributed by atoms with Crippen LogP contribution in [0.2, 0.25) is 0 Å². The molecule has 2 rings (SSSR count). The van der Waals surface area contributed by atoms with Gasteiger partial charge in [0.1, 0.15) is 0 Å². The molecule has 0 bridgehead atoms. The largest absolute Gasteiger partial charge is 0.382 e. The molecule has 0 amide bonds. The molecule has 0 atom stereocenters. The topological polar surface area (TPSA) is 103 Å². The van der Waals surface area contributed by atoms with Crippen molar-refractivity contribution in [3.63, 3.8) is 0 Å². The summed E-state index contributed by atoms with van der Waals surface area (Å²) in [6.45, 7) is 2.00. The van der Waals surface area contributed by atoms with Gasteiger partial charge < -0.3 is 11.5 Å². The van der Waals surface area contributed by atoms with E-state index in [-0.39, 0.29) is 17.3 Å². The summed E-state index contributed by atoms with van der Waals surface area (Å²) < 4.78 is 4.44. The van der Waals surface area contributed by atoms with E-state index in [0.717, 1.165) is 11.3 Å². The molecule has 6 heteroatoms. The van der Waals surface area contributed by atoms with Crippen molar-refractivity contribution >= 4 is 17.3 Å². The predicted octanol–water partition coefficient (Wildman–Crippen LogP) is 0.997. The number of benzene rings is 1. The van der Waals surface area contributed by atoms with Gasteiger partial charge in [-0.05, 0) is 29.4 Å². The molecule has 0 radical (unpaired) electrons. The first-order chi connectivity index (χ1) is 7.66. The van der Waals surface area contributed by atoms with E-state index in [1.807, 2.05) is 31.2 Å². The van der Waals surface area contributed by atoms with Gasteiger partial charge in [-0.15, -0.1) is 0 Å². The van der Waals surface area contributed by atoms with Crippen LogP contribution in [0.15, 0.2) is 33.9 Å². The molecule has 0 unspecified atom stereocenters. The molecular formula is C10H11N5O. The zero-order valence-electron chi connectivity index (χ0n) is 8.71. The molecule has 4 N–H and O–H groups in total. The fourth-order valence-corrected chi connectivity index (χ4v) is 1.18. The normalized spacial score (nSPS) is 11.7. The Morgan fingerprint density at radius 1 is 1.25 bits per heavy atom. The summed E-state index contributed by atoms with van der Waals surface area (Å²) in [4.78, 5) is 4.16. The lowest BCUT2D eigenvalue weighted by atomic mass is 10.2. The molecule has 0 aliphatic carbocycles. The molecule has 16 heavy (non-hydrogen) atoms. The number of hydrogen-bond donors (Lipinski definition) is 2. The highest BCUT2D eigenvalue weighted by Crippen LogP contribution is 2.14. The Bertz CT molecular complexity index is 514. The van der Waals surface area contributed by atoms with Crippen molar-refractivity contribution in [2.75, 3.05) is 5.73 Å². The van der Waals surface area contributed by atoms with Crippen molar-refractivity contribution in [2.24, 2.45) is 10.7 Å². The van der Waals surface area contributed by atoms with Gasteiger partial charge in [-0.1, -0.05) is 17.7 Å². The number of nitrogen functional groups attached to an aromatic ring is 1. The van der Waals surface area contributed by atoms with Crippen LogP contribution in [0.5, 0.6) is 0 Å². The summed E-state index contributed by atoms with van der Waals surface area (Å²) in [5.74, 6) is 0.316. The number of aromatic nitrogens is 2. The van der Waals surface area contributed by atoms with Gasteiger partial charge in [-0.25, -0.2) is 9.62 Å². The molecule has 1 aromatic carbocycles. The molecule has 0 fully saturated rings. The molecule has 0 spiro atoms. The summed E-state index contributed by atoms with van der Waals surface area (Å²) >= 11 is 0. The zero-order valence-corrected chi connectivity index (χ0v) is 8.71. The number of amidine groups is 1. The number of nitrogens with two attached hydrogens (primary N) is 2. The van der Waals surface area contributed by atoms with Crippen molar-refractivity contribution in [1.82, 2.24) is 10.3 Å². The minimum Gasteiger partial charge on any atom is -0.382 e. The lowest BCUT2D eigenvalue weighted by Crippen LogP contribution is -2.15. The van der Waals surface area contributed by atoms with Gasteiger partial charge in [-0.2, -0.15) is 0 Å². The summed E-state index contributed by atoms with van der Waals surface area (Å²) in [6.07, 6.45) is 0. The number of aryl methyl sites for hydroxylation is 1. The first-order valence-corrected chi connectivity index (χ1v) is 4.66. The Morgan fingerprint density at radius 2 is 1.94 bits per heavy atom. The van der Waals surface area contributed by atoms with Crippen LogP contribution < -0.4 is 11.5 Å². The van der Waals surface area contributed by atoms with E-state index in [1.165, 1.54) is 0 Å². The van der Waals surface area contributed by atoms with Crippen LogP contribution in [0.1, 0.15) is 11.3 Å². The van der Waals surface area contributed by atoms with Gasteiger partial charge in [0.05, 0.1) is 5.69 Å². The fraction of sp³-hybridized carbons (Fsp3) is 0.100. The van der Waals surface area contributed by atoms with Crippen molar-refractivity contribution < 1.29 is 4.63 Å². The van der Waals surface area contributed by atoms with Gasteiger partial charge in [0, 0.05) is 0 Å². The highest BCUT2D eigenvalue weighted by Gasteiger charge is 2.10. The molecule has 0 aliphatic rings. The first-order valence-electron chi connectivity index (χ1n) is 4.66. The molecular weight excluding hydrogens is 206 g/mol. The summed E-state index contributed by atoms with van der Waals surface area (Å²) in [5.41, 5.74) is 13.4. The van der Waals surface area contributed by atoms with E-state index < -0.39 is 0 Å². The van der Waals surface area contributed by atoms with Gasteiger partial charge in [0.25, 0.3) is 0 Å². The van der Waals surface area contributed by atoms with E-state index in [4.69, 9.17) is 11.5 Å². The summed E-state index contributed by atoms with van der Waals surface area (Å²) in [6, 6.07) is 7.59. The van der Waals surface area contributed by atoms with E-state index in [1.54, 1.807) is 0 Å². The average molecular weight is 217 g/mol. The zero-order chi connectivity index (χ0) is 11.5. The molecule has 2 aromatic rings. The molecule has 0 aliphatic heterocycles. The number of nitrogens with zero attached hydrogens (tertiary/aromatic N) is 3. The van der Waals surface area contributed by atoms with Crippen molar-refractivity contribution in [3.05, 3.63) is 35.5 Å². The van der Waals surface area contributed by atoms with Crippen molar-refractivity contribution in [3.8, 4) is 0 Å². The number of rotatable bonds is 2. The summed E-state index contributed by atoms with van der Waals surface area (Å²) in [7, 11) is 0. The third kappa shape index (κ3) is 2.00. The monoisotopic (exact) mass is 217 g/mol. The standard InChI is InChI=1S/C10H11N5O/c1-6-2-4-7(5-3-6)13-9(11)8-10(12)15-16-14-8/h2-5H,1H3,(H2,11,13)(H2,12,15). The number of aliphatic imine (C=N–C) groups is 1. The van der Waals surface area contributed by atoms with Gasteiger partial charge in [0.15, 0.2) is 17.3 Å². The van der Waals surface area contributed by atoms with Gasteiger partial charge in [0.2, 0.25) is 0 Å². The highest BCUT2D eigenvalue weighted by molar-refractivity contribution is 6.00. The maximum Gasteiger partial charge on any atom is 0.199 e. The Morgan fingerprint density at radius 3 is 2.50 bits per heavy atom. The second-order valence-electron chi connectivity index (χ2n) is 3.33. The van der Waals surface area contributed by atoms with E-state index >= 15 is 0 Å². The van der Waals surface area contributed by atoms with Gasteiger partial charge in [-0.3, -0.25) is 0 Å². The second-order valence-corrected chi connectivity index (χ2v) is 3.33. The molecule has 6 nitrogen and oxygen atoms in total. The third-order valence-corrected chi connectivity index (χ3v) is 2.04. The highest BCUT2D eigenvalue weighted by atomic mass is 16.6. The minimum absolute atomic E-state index is 0.133. The fourth-order valence-electron chi connectivity index (χ4n) is 1.18. The van der Waals surface area contributed by atoms with Crippen LogP contribution in [0.4, 0.5) is 11.5 Å². The minimum atomic E-state index is 0.133. The summed E-state index contributed by atoms with van der Waals surface area (Å²) in [5, 5.41) is 6.99. The Kier molecular flexibility index (Phi) is 2.55. The van der Waals surface area contributed by atoms with E-state index in [0.29, 0.717) is 0 Å². The Balaban J connectivity index is 2.31. The van der Waals surface area contributed by atoms with Crippen molar-refractivity contribution in [2.45, 2.75) is 6.92 Å². The molecule has 82 valence electrons. The Hall–Kier alpha value is -2.37. The number of anilines is 1. The van der Waals surface area contributed by atoms with Crippen LogP contribution >= 0.6 is 0 Å². The van der Waals surface area contributed by atoms with E-state index in [2.05, 4.69) is 19.9 Å². The van der Waals surface area contributed by atoms with Crippen LogP contribution in [0.25, 0.3) is 0 Å². The van der Waals surface area contributed by atoms with Crippen LogP contribution in [-0.4, -0.2) is 16.1 Å². The van der Waals surface area contributed by atoms with E-state index in [9.17, 15) is 0 Å². The van der Waals surface area contributed by atoms with Crippen LogP contribution in [0.3, 0.4) is 0 Å². The van der Waals surface area contributed by atoms with Crippen LogP contribution in [0, 0.1) is 6.92 Å².